The van der Waals surface area contributed by atoms with Gasteiger partial charge in [-0.05, 0) is 87.2 Å². The number of halogens is 2. The minimum Gasteiger partial charge on any atom is -0.354 e. The molecule has 0 aliphatic rings. The molecule has 0 fully saturated rings. The number of benzene rings is 3. The van der Waals surface area contributed by atoms with Crippen LogP contribution in [0.4, 0.5) is 5.69 Å². The molecular formula is C30H35Cl2N3O4S. The van der Waals surface area contributed by atoms with Crippen LogP contribution in [-0.2, 0) is 26.2 Å². The van der Waals surface area contributed by atoms with E-state index in [9.17, 15) is 18.0 Å². The Labute approximate surface area is 247 Å². The molecule has 0 bridgehead atoms. The third kappa shape index (κ3) is 7.56. The molecule has 10 heteroatoms. The lowest BCUT2D eigenvalue weighted by Gasteiger charge is -2.32. The molecule has 0 radical (unpaired) electrons. The summed E-state index contributed by atoms with van der Waals surface area (Å²) >= 11 is 12.3. The molecule has 3 aromatic rings. The standard InChI is InChI=1S/C30H35Cl2N3O4S/c1-6-15-33-30(37)23(5)34(18-24-10-14-27(31)28(32)17-24)29(36)19-35(25-11-9-21(3)22(4)16-25)40(38,39)26-12-7-20(2)8-13-26/h7-14,16-17,23H,6,15,18-19H2,1-5H3,(H,33,37). The van der Waals surface area contributed by atoms with Crippen molar-refractivity contribution in [3.05, 3.63) is 93.0 Å². The minimum atomic E-state index is -4.13. The van der Waals surface area contributed by atoms with E-state index in [0.29, 0.717) is 27.8 Å². The summed E-state index contributed by atoms with van der Waals surface area (Å²) in [5.74, 6) is -0.881. The van der Waals surface area contributed by atoms with Crippen molar-refractivity contribution in [1.82, 2.24) is 10.2 Å². The Hall–Kier alpha value is -3.07. The Morgan fingerprint density at radius 3 is 2.17 bits per heavy atom. The summed E-state index contributed by atoms with van der Waals surface area (Å²) in [6.07, 6.45) is 0.731. The van der Waals surface area contributed by atoms with Gasteiger partial charge in [-0.25, -0.2) is 8.42 Å². The zero-order valence-corrected chi connectivity index (χ0v) is 25.7. The number of hydrogen-bond donors (Lipinski definition) is 1. The number of aryl methyl sites for hydroxylation is 3. The van der Waals surface area contributed by atoms with E-state index >= 15 is 0 Å². The third-order valence-electron chi connectivity index (χ3n) is 6.72. The number of hydrogen-bond acceptors (Lipinski definition) is 4. The molecule has 0 aromatic heterocycles. The van der Waals surface area contributed by atoms with Crippen LogP contribution in [0.2, 0.25) is 10.0 Å². The van der Waals surface area contributed by atoms with Crippen LogP contribution in [0.5, 0.6) is 0 Å². The maximum Gasteiger partial charge on any atom is 0.264 e. The van der Waals surface area contributed by atoms with Gasteiger partial charge in [-0.15, -0.1) is 0 Å². The molecule has 214 valence electrons. The normalized spacial score (nSPS) is 12.1. The monoisotopic (exact) mass is 603 g/mol. The number of sulfonamides is 1. The first-order valence-electron chi connectivity index (χ1n) is 13.0. The van der Waals surface area contributed by atoms with E-state index in [0.717, 1.165) is 27.4 Å². The number of amides is 2. The lowest BCUT2D eigenvalue weighted by molar-refractivity contribution is -0.139. The quantitative estimate of drug-likeness (QED) is 0.289. The van der Waals surface area contributed by atoms with Gasteiger partial charge in [0.15, 0.2) is 0 Å². The van der Waals surface area contributed by atoms with Gasteiger partial charge in [0.25, 0.3) is 10.0 Å². The highest BCUT2D eigenvalue weighted by Gasteiger charge is 2.32. The molecule has 0 saturated carbocycles. The van der Waals surface area contributed by atoms with Crippen molar-refractivity contribution in [2.75, 3.05) is 17.4 Å². The summed E-state index contributed by atoms with van der Waals surface area (Å²) in [5.41, 5.74) is 3.79. The van der Waals surface area contributed by atoms with Crippen LogP contribution in [0.25, 0.3) is 0 Å². The number of rotatable bonds is 11. The highest BCUT2D eigenvalue weighted by atomic mass is 35.5. The van der Waals surface area contributed by atoms with E-state index in [4.69, 9.17) is 23.2 Å². The SMILES string of the molecule is CCCNC(=O)C(C)N(Cc1ccc(Cl)c(Cl)c1)C(=O)CN(c1ccc(C)c(C)c1)S(=O)(=O)c1ccc(C)cc1. The van der Waals surface area contributed by atoms with E-state index in [1.807, 2.05) is 33.8 Å². The van der Waals surface area contributed by atoms with Crippen molar-refractivity contribution >= 4 is 50.7 Å². The topological polar surface area (TPSA) is 86.8 Å². The average molecular weight is 605 g/mol. The molecule has 3 rings (SSSR count). The van der Waals surface area contributed by atoms with Gasteiger partial charge in [0.1, 0.15) is 12.6 Å². The zero-order chi connectivity index (χ0) is 29.6. The lowest BCUT2D eigenvalue weighted by atomic mass is 10.1. The largest absolute Gasteiger partial charge is 0.354 e. The fourth-order valence-electron chi connectivity index (χ4n) is 4.06. The van der Waals surface area contributed by atoms with Gasteiger partial charge in [-0.3, -0.25) is 13.9 Å². The molecule has 0 saturated heterocycles. The minimum absolute atomic E-state index is 0.0295. The van der Waals surface area contributed by atoms with Crippen LogP contribution < -0.4 is 9.62 Å². The van der Waals surface area contributed by atoms with E-state index in [2.05, 4.69) is 5.32 Å². The molecule has 1 unspecified atom stereocenters. The Morgan fingerprint density at radius 1 is 0.900 bits per heavy atom. The highest BCUT2D eigenvalue weighted by Crippen LogP contribution is 2.28. The van der Waals surface area contributed by atoms with Crippen molar-refractivity contribution in [2.45, 2.75) is 58.5 Å². The summed E-state index contributed by atoms with van der Waals surface area (Å²) in [5, 5.41) is 3.50. The van der Waals surface area contributed by atoms with Crippen molar-refractivity contribution in [1.29, 1.82) is 0 Å². The molecule has 7 nitrogen and oxygen atoms in total. The van der Waals surface area contributed by atoms with E-state index in [1.165, 1.54) is 17.0 Å². The van der Waals surface area contributed by atoms with E-state index in [-0.39, 0.29) is 17.3 Å². The van der Waals surface area contributed by atoms with Crippen molar-refractivity contribution in [3.63, 3.8) is 0 Å². The first kappa shape index (κ1) is 31.5. The first-order chi connectivity index (χ1) is 18.8. The van der Waals surface area contributed by atoms with Crippen molar-refractivity contribution < 1.29 is 18.0 Å². The maximum atomic E-state index is 14.0. The van der Waals surface area contributed by atoms with Gasteiger partial charge < -0.3 is 10.2 Å². The maximum absolute atomic E-state index is 14.0. The summed E-state index contributed by atoms with van der Waals surface area (Å²) in [6, 6.07) is 15.8. The second-order valence-corrected chi connectivity index (χ2v) is 12.5. The van der Waals surface area contributed by atoms with Crippen LogP contribution in [0, 0.1) is 20.8 Å². The predicted octanol–water partition coefficient (Wildman–Crippen LogP) is 6.06. The van der Waals surface area contributed by atoms with Gasteiger partial charge >= 0.3 is 0 Å². The molecule has 0 aliphatic carbocycles. The Balaban J connectivity index is 2.05. The molecular weight excluding hydrogens is 569 g/mol. The Bertz CT molecular complexity index is 1480. The number of anilines is 1. The third-order valence-corrected chi connectivity index (χ3v) is 9.25. The molecule has 40 heavy (non-hydrogen) atoms. The lowest BCUT2D eigenvalue weighted by Crippen LogP contribution is -2.51. The van der Waals surface area contributed by atoms with Gasteiger partial charge in [-0.1, -0.05) is 60.0 Å². The van der Waals surface area contributed by atoms with Crippen LogP contribution in [0.15, 0.2) is 65.6 Å². The molecule has 3 aromatic carbocycles. The van der Waals surface area contributed by atoms with Crippen LogP contribution in [0.3, 0.4) is 0 Å². The van der Waals surface area contributed by atoms with E-state index < -0.39 is 28.5 Å². The van der Waals surface area contributed by atoms with Crippen molar-refractivity contribution in [3.8, 4) is 0 Å². The number of nitrogens with zero attached hydrogens (tertiary/aromatic N) is 2. The summed E-state index contributed by atoms with van der Waals surface area (Å²) in [4.78, 5) is 28.4. The van der Waals surface area contributed by atoms with Crippen molar-refractivity contribution in [2.24, 2.45) is 0 Å². The van der Waals surface area contributed by atoms with Crippen LogP contribution >= 0.6 is 23.2 Å². The Kier molecular flexibility index (Phi) is 10.6. The summed E-state index contributed by atoms with van der Waals surface area (Å²) in [7, 11) is -4.13. The molecule has 1 atom stereocenters. The van der Waals surface area contributed by atoms with Crippen LogP contribution in [-0.4, -0.2) is 44.3 Å². The average Bonchev–Trinajstić information content (AvgIpc) is 2.92. The first-order valence-corrected chi connectivity index (χ1v) is 15.2. The zero-order valence-electron chi connectivity index (χ0n) is 23.4. The number of nitrogens with one attached hydrogen (secondary N) is 1. The smallest absolute Gasteiger partial charge is 0.264 e. The fourth-order valence-corrected chi connectivity index (χ4v) is 5.79. The molecule has 1 N–H and O–H groups in total. The van der Waals surface area contributed by atoms with Crippen LogP contribution in [0.1, 0.15) is 42.5 Å². The number of carbonyl (C=O) groups is 2. The highest BCUT2D eigenvalue weighted by molar-refractivity contribution is 7.92. The summed E-state index contributed by atoms with van der Waals surface area (Å²) in [6.45, 7) is 9.21. The van der Waals surface area contributed by atoms with Gasteiger partial charge in [0.2, 0.25) is 11.8 Å². The Morgan fingerprint density at radius 2 is 1.57 bits per heavy atom. The fraction of sp³-hybridized carbons (Fsp3) is 0.333. The predicted molar refractivity (Wildman–Crippen MR) is 161 cm³/mol. The summed E-state index contributed by atoms with van der Waals surface area (Å²) < 4.78 is 29.0. The second kappa shape index (κ2) is 13.5. The van der Waals surface area contributed by atoms with Gasteiger partial charge in [0, 0.05) is 13.1 Å². The van der Waals surface area contributed by atoms with E-state index in [1.54, 1.807) is 49.4 Å². The number of carbonyl (C=O) groups excluding carboxylic acids is 2. The molecule has 0 spiro atoms. The molecule has 2 amide bonds. The van der Waals surface area contributed by atoms with Gasteiger partial charge in [0.05, 0.1) is 20.6 Å². The van der Waals surface area contributed by atoms with Gasteiger partial charge in [-0.2, -0.15) is 0 Å². The molecule has 0 aliphatic heterocycles. The second-order valence-electron chi connectivity index (χ2n) is 9.83. The molecule has 0 heterocycles.